The number of rotatable bonds is 2. The standard InChI is InChI=1S/C16H21N3O2/c1-10-5-13-14(6-18-10)15(17)3-4-16(13)19-7-12(8-20)21-9-11(19)2/h3-6,11-12,20H,7-9,17H2,1-2H3. The minimum atomic E-state index is -0.142. The van der Waals surface area contributed by atoms with Crippen molar-refractivity contribution in [3.05, 3.63) is 30.1 Å². The molecule has 0 bridgehead atoms. The van der Waals surface area contributed by atoms with Gasteiger partial charge in [-0.2, -0.15) is 0 Å². The zero-order valence-electron chi connectivity index (χ0n) is 12.4. The van der Waals surface area contributed by atoms with Crippen molar-refractivity contribution in [1.29, 1.82) is 0 Å². The summed E-state index contributed by atoms with van der Waals surface area (Å²) in [4.78, 5) is 6.62. The van der Waals surface area contributed by atoms with Gasteiger partial charge in [0.15, 0.2) is 0 Å². The largest absolute Gasteiger partial charge is 0.398 e. The van der Waals surface area contributed by atoms with Crippen molar-refractivity contribution in [3.63, 3.8) is 0 Å². The highest BCUT2D eigenvalue weighted by atomic mass is 16.5. The molecular formula is C16H21N3O2. The van der Waals surface area contributed by atoms with Gasteiger partial charge < -0.3 is 20.5 Å². The van der Waals surface area contributed by atoms with Gasteiger partial charge >= 0.3 is 0 Å². The molecule has 1 aliphatic rings. The summed E-state index contributed by atoms with van der Waals surface area (Å²) in [7, 11) is 0. The average molecular weight is 287 g/mol. The van der Waals surface area contributed by atoms with Crippen molar-refractivity contribution in [1.82, 2.24) is 4.98 Å². The first-order valence-corrected chi connectivity index (χ1v) is 7.24. The number of hydrogen-bond acceptors (Lipinski definition) is 5. The lowest BCUT2D eigenvalue weighted by atomic mass is 10.0. The number of nitrogens with zero attached hydrogens (tertiary/aromatic N) is 2. The molecule has 5 heteroatoms. The van der Waals surface area contributed by atoms with Gasteiger partial charge in [0, 0.05) is 46.6 Å². The molecule has 0 spiro atoms. The lowest BCUT2D eigenvalue weighted by Crippen LogP contribution is -2.49. The number of morpholine rings is 1. The molecule has 1 saturated heterocycles. The number of pyridine rings is 1. The van der Waals surface area contributed by atoms with Gasteiger partial charge in [-0.15, -0.1) is 0 Å². The van der Waals surface area contributed by atoms with Crippen LogP contribution in [0.5, 0.6) is 0 Å². The van der Waals surface area contributed by atoms with Crippen LogP contribution in [-0.2, 0) is 4.74 Å². The third-order valence-electron chi connectivity index (χ3n) is 4.07. The minimum absolute atomic E-state index is 0.0384. The predicted octanol–water partition coefficient (Wildman–Crippen LogP) is 1.71. The van der Waals surface area contributed by atoms with E-state index in [1.165, 1.54) is 0 Å². The molecule has 3 rings (SSSR count). The van der Waals surface area contributed by atoms with E-state index in [1.54, 1.807) is 0 Å². The highest BCUT2D eigenvalue weighted by Gasteiger charge is 2.27. The summed E-state index contributed by atoms with van der Waals surface area (Å²) in [5.41, 5.74) is 8.90. The number of ether oxygens (including phenoxy) is 1. The summed E-state index contributed by atoms with van der Waals surface area (Å²) < 4.78 is 5.62. The maximum atomic E-state index is 9.36. The van der Waals surface area contributed by atoms with Gasteiger partial charge in [-0.25, -0.2) is 0 Å². The van der Waals surface area contributed by atoms with Crippen LogP contribution in [0, 0.1) is 6.92 Å². The second-order valence-corrected chi connectivity index (χ2v) is 5.68. The first-order valence-electron chi connectivity index (χ1n) is 7.24. The van der Waals surface area contributed by atoms with Crippen LogP contribution in [0.1, 0.15) is 12.6 Å². The normalized spacial score (nSPS) is 22.7. The van der Waals surface area contributed by atoms with Crippen LogP contribution in [0.3, 0.4) is 0 Å². The number of aliphatic hydroxyl groups is 1. The summed E-state index contributed by atoms with van der Waals surface area (Å²) >= 11 is 0. The van der Waals surface area contributed by atoms with E-state index < -0.39 is 0 Å². The molecule has 3 N–H and O–H groups in total. The Morgan fingerprint density at radius 1 is 1.43 bits per heavy atom. The number of benzene rings is 1. The van der Waals surface area contributed by atoms with Gasteiger partial charge in [-0.1, -0.05) is 0 Å². The molecule has 1 aliphatic heterocycles. The van der Waals surface area contributed by atoms with Gasteiger partial charge in [-0.05, 0) is 32.0 Å². The molecule has 2 unspecified atom stereocenters. The Morgan fingerprint density at radius 3 is 3.00 bits per heavy atom. The number of fused-ring (bicyclic) bond motifs is 1. The first-order chi connectivity index (χ1) is 10.1. The van der Waals surface area contributed by atoms with E-state index in [0.717, 1.165) is 27.8 Å². The van der Waals surface area contributed by atoms with Crippen LogP contribution < -0.4 is 10.6 Å². The van der Waals surface area contributed by atoms with Crippen LogP contribution in [0.25, 0.3) is 10.8 Å². The summed E-state index contributed by atoms with van der Waals surface area (Å²) in [6.45, 7) is 5.44. The molecule has 1 aromatic carbocycles. The van der Waals surface area contributed by atoms with Crippen molar-refractivity contribution >= 4 is 22.1 Å². The van der Waals surface area contributed by atoms with E-state index in [9.17, 15) is 5.11 Å². The molecule has 0 radical (unpaired) electrons. The van der Waals surface area contributed by atoms with E-state index in [2.05, 4.69) is 22.9 Å². The Hall–Kier alpha value is -1.85. The van der Waals surface area contributed by atoms with E-state index in [1.807, 2.05) is 25.3 Å². The van der Waals surface area contributed by atoms with E-state index in [4.69, 9.17) is 10.5 Å². The third-order valence-corrected chi connectivity index (χ3v) is 4.07. The van der Waals surface area contributed by atoms with E-state index >= 15 is 0 Å². The Bertz CT molecular complexity index is 659. The molecule has 1 aromatic heterocycles. The fourth-order valence-corrected chi connectivity index (χ4v) is 2.86. The molecular weight excluding hydrogens is 266 g/mol. The fraction of sp³-hybridized carbons (Fsp3) is 0.438. The van der Waals surface area contributed by atoms with Crippen molar-refractivity contribution in [2.45, 2.75) is 26.0 Å². The van der Waals surface area contributed by atoms with Crippen molar-refractivity contribution in [3.8, 4) is 0 Å². The zero-order valence-corrected chi connectivity index (χ0v) is 12.4. The smallest absolute Gasteiger partial charge is 0.0981 e. The second kappa shape index (κ2) is 5.50. The molecule has 112 valence electrons. The number of aliphatic hydroxyl groups excluding tert-OH is 1. The van der Waals surface area contributed by atoms with Crippen LogP contribution in [0.15, 0.2) is 24.4 Å². The highest BCUT2D eigenvalue weighted by Crippen LogP contribution is 2.33. The molecule has 21 heavy (non-hydrogen) atoms. The maximum Gasteiger partial charge on any atom is 0.0981 e. The summed E-state index contributed by atoms with van der Waals surface area (Å²) in [6.07, 6.45) is 1.69. The summed E-state index contributed by atoms with van der Waals surface area (Å²) in [5, 5.41) is 11.4. The van der Waals surface area contributed by atoms with Crippen LogP contribution >= 0.6 is 0 Å². The molecule has 2 aromatic rings. The average Bonchev–Trinajstić information content (AvgIpc) is 2.48. The maximum absolute atomic E-state index is 9.36. The Kier molecular flexibility index (Phi) is 3.69. The topological polar surface area (TPSA) is 71.6 Å². The van der Waals surface area contributed by atoms with Crippen molar-refractivity contribution < 1.29 is 9.84 Å². The monoisotopic (exact) mass is 287 g/mol. The van der Waals surface area contributed by atoms with Crippen molar-refractivity contribution in [2.24, 2.45) is 0 Å². The quantitative estimate of drug-likeness (QED) is 0.823. The Labute approximate surface area is 124 Å². The number of anilines is 2. The third kappa shape index (κ3) is 2.54. The SMILES string of the molecule is Cc1cc2c(N3CC(CO)OCC3C)ccc(N)c2cn1. The number of nitrogens with two attached hydrogens (primary N) is 1. The van der Waals surface area contributed by atoms with Crippen LogP contribution in [-0.4, -0.2) is 42.0 Å². The van der Waals surface area contributed by atoms with Crippen molar-refractivity contribution in [2.75, 3.05) is 30.4 Å². The molecule has 0 saturated carbocycles. The molecule has 1 fully saturated rings. The zero-order chi connectivity index (χ0) is 15.0. The number of aryl methyl sites for hydroxylation is 1. The second-order valence-electron chi connectivity index (χ2n) is 5.68. The minimum Gasteiger partial charge on any atom is -0.398 e. The summed E-state index contributed by atoms with van der Waals surface area (Å²) in [6, 6.07) is 6.29. The number of nitrogen functional groups attached to an aromatic ring is 1. The predicted molar refractivity (Wildman–Crippen MR) is 84.5 cm³/mol. The van der Waals surface area contributed by atoms with E-state index in [-0.39, 0.29) is 18.8 Å². The van der Waals surface area contributed by atoms with Gasteiger partial charge in [0.25, 0.3) is 0 Å². The Morgan fingerprint density at radius 2 is 2.24 bits per heavy atom. The molecule has 2 atom stereocenters. The molecule has 5 nitrogen and oxygen atoms in total. The number of hydrogen-bond donors (Lipinski definition) is 2. The van der Waals surface area contributed by atoms with Crippen LogP contribution in [0.4, 0.5) is 11.4 Å². The lowest BCUT2D eigenvalue weighted by Gasteiger charge is -2.39. The molecule has 0 amide bonds. The first kappa shape index (κ1) is 14.1. The van der Waals surface area contributed by atoms with Crippen LogP contribution in [0.2, 0.25) is 0 Å². The van der Waals surface area contributed by atoms with Gasteiger partial charge in [-0.3, -0.25) is 4.98 Å². The van der Waals surface area contributed by atoms with Gasteiger partial charge in [0.05, 0.1) is 19.3 Å². The van der Waals surface area contributed by atoms with Gasteiger partial charge in [0.1, 0.15) is 0 Å². The number of aromatic nitrogens is 1. The highest BCUT2D eigenvalue weighted by molar-refractivity contribution is 6.01. The summed E-state index contributed by atoms with van der Waals surface area (Å²) in [5.74, 6) is 0. The van der Waals surface area contributed by atoms with Gasteiger partial charge in [0.2, 0.25) is 0 Å². The Balaban J connectivity index is 2.10. The molecule has 2 heterocycles. The lowest BCUT2D eigenvalue weighted by molar-refractivity contribution is -0.0102. The fourth-order valence-electron chi connectivity index (χ4n) is 2.86. The van der Waals surface area contributed by atoms with E-state index in [0.29, 0.717) is 13.2 Å². The molecule has 0 aliphatic carbocycles.